The van der Waals surface area contributed by atoms with Gasteiger partial charge in [0.1, 0.15) is 6.04 Å². The predicted octanol–water partition coefficient (Wildman–Crippen LogP) is 1.85. The summed E-state index contributed by atoms with van der Waals surface area (Å²) in [6, 6.07) is 14.7. The molecule has 0 spiro atoms. The SMILES string of the molecule is COc1cccc2nnc([C@@H](COCc3ccccc3)NC(=O)C(C)(C)N)n12. The van der Waals surface area contributed by atoms with Gasteiger partial charge < -0.3 is 20.5 Å². The zero-order valence-electron chi connectivity index (χ0n) is 16.3. The summed E-state index contributed by atoms with van der Waals surface area (Å²) in [5, 5.41) is 11.4. The quantitative estimate of drug-likeness (QED) is 0.615. The first-order valence-electron chi connectivity index (χ1n) is 8.99. The molecule has 0 unspecified atom stereocenters. The smallest absolute Gasteiger partial charge is 0.240 e. The van der Waals surface area contributed by atoms with Crippen molar-refractivity contribution in [2.45, 2.75) is 32.0 Å². The van der Waals surface area contributed by atoms with Crippen LogP contribution >= 0.6 is 0 Å². The monoisotopic (exact) mass is 383 g/mol. The molecule has 2 heterocycles. The molecule has 0 saturated heterocycles. The molecule has 3 aromatic rings. The first-order chi connectivity index (χ1) is 13.4. The molecular weight excluding hydrogens is 358 g/mol. The molecule has 28 heavy (non-hydrogen) atoms. The average molecular weight is 383 g/mol. The first kappa shape index (κ1) is 19.8. The van der Waals surface area contributed by atoms with Gasteiger partial charge in [-0.3, -0.25) is 4.79 Å². The molecule has 3 rings (SSSR count). The molecule has 0 aliphatic carbocycles. The largest absolute Gasteiger partial charge is 0.482 e. The van der Waals surface area contributed by atoms with E-state index in [1.807, 2.05) is 42.5 Å². The van der Waals surface area contributed by atoms with E-state index in [2.05, 4.69) is 15.5 Å². The summed E-state index contributed by atoms with van der Waals surface area (Å²) < 4.78 is 13.0. The Morgan fingerprint density at radius 2 is 1.93 bits per heavy atom. The molecule has 8 heteroatoms. The Morgan fingerprint density at radius 3 is 2.61 bits per heavy atom. The number of pyridine rings is 1. The van der Waals surface area contributed by atoms with Gasteiger partial charge in [-0.2, -0.15) is 0 Å². The molecule has 1 amide bonds. The molecule has 0 aliphatic heterocycles. The first-order valence-corrected chi connectivity index (χ1v) is 8.99. The van der Waals surface area contributed by atoms with Crippen LogP contribution in [0.1, 0.15) is 31.3 Å². The number of carbonyl (C=O) groups excluding carboxylic acids is 1. The Balaban J connectivity index is 1.86. The van der Waals surface area contributed by atoms with Crippen LogP contribution in [0.25, 0.3) is 5.65 Å². The van der Waals surface area contributed by atoms with Crippen LogP contribution in [0.3, 0.4) is 0 Å². The maximum absolute atomic E-state index is 12.5. The van der Waals surface area contributed by atoms with Crippen LogP contribution in [-0.2, 0) is 16.1 Å². The lowest BCUT2D eigenvalue weighted by Gasteiger charge is -2.23. The zero-order chi connectivity index (χ0) is 20.1. The number of hydrogen-bond donors (Lipinski definition) is 2. The molecule has 8 nitrogen and oxygen atoms in total. The van der Waals surface area contributed by atoms with Crippen molar-refractivity contribution in [3.8, 4) is 5.88 Å². The summed E-state index contributed by atoms with van der Waals surface area (Å²) in [7, 11) is 1.57. The van der Waals surface area contributed by atoms with E-state index >= 15 is 0 Å². The Kier molecular flexibility index (Phi) is 5.91. The van der Waals surface area contributed by atoms with Crippen LogP contribution < -0.4 is 15.8 Å². The number of aromatic nitrogens is 3. The van der Waals surface area contributed by atoms with Gasteiger partial charge in [-0.05, 0) is 31.5 Å². The number of nitrogens with two attached hydrogens (primary N) is 1. The second-order valence-electron chi connectivity index (χ2n) is 7.07. The summed E-state index contributed by atoms with van der Waals surface area (Å²) in [6.45, 7) is 3.90. The van der Waals surface area contributed by atoms with Crippen LogP contribution in [0.2, 0.25) is 0 Å². The number of benzene rings is 1. The van der Waals surface area contributed by atoms with E-state index in [9.17, 15) is 4.79 Å². The standard InChI is InChI=1S/C20H25N5O3/c1-20(2,21)19(26)22-15(13-28-12-14-8-5-4-6-9-14)18-24-23-16-10-7-11-17(27-3)25(16)18/h4-11,15H,12-13,21H2,1-3H3,(H,22,26)/t15-/m1/s1. The predicted molar refractivity (Wildman–Crippen MR) is 105 cm³/mol. The number of nitrogens with zero attached hydrogens (tertiary/aromatic N) is 3. The summed E-state index contributed by atoms with van der Waals surface area (Å²) in [5.74, 6) is 0.761. The number of methoxy groups -OCH3 is 1. The lowest BCUT2D eigenvalue weighted by molar-refractivity contribution is -0.126. The molecular formula is C20H25N5O3. The lowest BCUT2D eigenvalue weighted by Crippen LogP contribution is -2.51. The number of rotatable bonds is 8. The Labute approximate surface area is 163 Å². The molecule has 148 valence electrons. The molecule has 0 fully saturated rings. The fourth-order valence-corrected chi connectivity index (χ4v) is 2.71. The number of fused-ring (bicyclic) bond motifs is 1. The molecule has 3 N–H and O–H groups in total. The van der Waals surface area contributed by atoms with Gasteiger partial charge in [0.2, 0.25) is 11.8 Å². The highest BCUT2D eigenvalue weighted by Crippen LogP contribution is 2.21. The fourth-order valence-electron chi connectivity index (χ4n) is 2.71. The number of carbonyl (C=O) groups is 1. The second-order valence-corrected chi connectivity index (χ2v) is 7.07. The van der Waals surface area contributed by atoms with Crippen molar-refractivity contribution in [3.05, 3.63) is 59.9 Å². The Bertz CT molecular complexity index is 934. The van der Waals surface area contributed by atoms with Gasteiger partial charge in [-0.25, -0.2) is 4.40 Å². The van der Waals surface area contributed by atoms with Crippen LogP contribution in [0, 0.1) is 0 Å². The summed E-state index contributed by atoms with van der Waals surface area (Å²) in [4.78, 5) is 12.5. The normalized spacial score (nSPS) is 12.7. The van der Waals surface area contributed by atoms with Gasteiger partial charge >= 0.3 is 0 Å². The van der Waals surface area contributed by atoms with Crippen molar-refractivity contribution in [2.75, 3.05) is 13.7 Å². The highest BCUT2D eigenvalue weighted by atomic mass is 16.5. The maximum Gasteiger partial charge on any atom is 0.240 e. The van der Waals surface area contributed by atoms with E-state index in [0.29, 0.717) is 24.0 Å². The molecule has 1 aromatic carbocycles. The summed E-state index contributed by atoms with van der Waals surface area (Å²) in [5.41, 5.74) is 6.56. The lowest BCUT2D eigenvalue weighted by atomic mass is 10.1. The van der Waals surface area contributed by atoms with E-state index in [1.165, 1.54) is 0 Å². The fraction of sp³-hybridized carbons (Fsp3) is 0.350. The van der Waals surface area contributed by atoms with Gasteiger partial charge in [0.25, 0.3) is 0 Å². The average Bonchev–Trinajstić information content (AvgIpc) is 3.11. The summed E-state index contributed by atoms with van der Waals surface area (Å²) in [6.07, 6.45) is 0. The highest BCUT2D eigenvalue weighted by Gasteiger charge is 2.28. The molecule has 0 radical (unpaired) electrons. The zero-order valence-corrected chi connectivity index (χ0v) is 16.3. The van der Waals surface area contributed by atoms with E-state index < -0.39 is 11.6 Å². The third kappa shape index (κ3) is 4.47. The van der Waals surface area contributed by atoms with Crippen LogP contribution in [0.5, 0.6) is 5.88 Å². The number of nitrogens with one attached hydrogen (secondary N) is 1. The second kappa shape index (κ2) is 8.37. The maximum atomic E-state index is 12.5. The molecule has 0 bridgehead atoms. The van der Waals surface area contributed by atoms with Crippen LogP contribution in [-0.4, -0.2) is 39.8 Å². The van der Waals surface area contributed by atoms with Gasteiger partial charge in [0, 0.05) is 0 Å². The Morgan fingerprint density at radius 1 is 1.18 bits per heavy atom. The number of ether oxygens (including phenoxy) is 2. The number of amides is 1. The van der Waals surface area contributed by atoms with Crippen LogP contribution in [0.4, 0.5) is 0 Å². The topological polar surface area (TPSA) is 104 Å². The van der Waals surface area contributed by atoms with Gasteiger partial charge in [0.05, 0.1) is 25.9 Å². The van der Waals surface area contributed by atoms with Crippen molar-refractivity contribution in [1.82, 2.24) is 19.9 Å². The highest BCUT2D eigenvalue weighted by molar-refractivity contribution is 5.85. The summed E-state index contributed by atoms with van der Waals surface area (Å²) >= 11 is 0. The van der Waals surface area contributed by atoms with Crippen molar-refractivity contribution in [1.29, 1.82) is 0 Å². The van der Waals surface area contributed by atoms with Gasteiger partial charge in [-0.15, -0.1) is 10.2 Å². The molecule has 1 atom stereocenters. The van der Waals surface area contributed by atoms with E-state index in [-0.39, 0.29) is 12.5 Å². The molecule has 2 aromatic heterocycles. The Hall–Kier alpha value is -2.97. The van der Waals surface area contributed by atoms with Crippen molar-refractivity contribution < 1.29 is 14.3 Å². The third-order valence-corrected chi connectivity index (χ3v) is 4.23. The minimum Gasteiger partial charge on any atom is -0.482 e. The van der Waals surface area contributed by atoms with E-state index in [0.717, 1.165) is 5.56 Å². The van der Waals surface area contributed by atoms with Crippen molar-refractivity contribution in [3.63, 3.8) is 0 Å². The molecule has 0 saturated carbocycles. The van der Waals surface area contributed by atoms with Crippen molar-refractivity contribution >= 4 is 11.6 Å². The van der Waals surface area contributed by atoms with Gasteiger partial charge in [0.15, 0.2) is 11.5 Å². The minimum atomic E-state index is -1.04. The van der Waals surface area contributed by atoms with Crippen LogP contribution in [0.15, 0.2) is 48.5 Å². The van der Waals surface area contributed by atoms with E-state index in [1.54, 1.807) is 31.4 Å². The number of hydrogen-bond acceptors (Lipinski definition) is 6. The van der Waals surface area contributed by atoms with Gasteiger partial charge in [-0.1, -0.05) is 36.4 Å². The van der Waals surface area contributed by atoms with Crippen molar-refractivity contribution in [2.24, 2.45) is 5.73 Å². The molecule has 0 aliphatic rings. The third-order valence-electron chi connectivity index (χ3n) is 4.23. The minimum absolute atomic E-state index is 0.204. The van der Waals surface area contributed by atoms with E-state index in [4.69, 9.17) is 15.2 Å².